The second-order valence-corrected chi connectivity index (χ2v) is 6.24. The van der Waals surface area contributed by atoms with Crippen molar-refractivity contribution in [1.29, 1.82) is 0 Å². The third-order valence-corrected chi connectivity index (χ3v) is 4.30. The number of anilines is 1. The molecule has 6 heteroatoms. The molecule has 1 N–H and O–H groups in total. The number of rotatable bonds is 5. The van der Waals surface area contributed by atoms with Gasteiger partial charge < -0.3 is 10.2 Å². The van der Waals surface area contributed by atoms with Crippen molar-refractivity contribution in [2.45, 2.75) is 26.3 Å². The van der Waals surface area contributed by atoms with Crippen LogP contribution in [0.3, 0.4) is 0 Å². The minimum absolute atomic E-state index is 0.0587. The zero-order valence-electron chi connectivity index (χ0n) is 12.7. The molecular weight excluding hydrogens is 332 g/mol. The molecule has 5 nitrogen and oxygen atoms in total. The number of hydrogen-bond donors (Lipinski definition) is 1. The highest BCUT2D eigenvalue weighted by Gasteiger charge is 2.25. The van der Waals surface area contributed by atoms with Crippen LogP contribution >= 0.6 is 15.9 Å². The Kier molecular flexibility index (Phi) is 5.99. The lowest BCUT2D eigenvalue weighted by molar-refractivity contribution is -0.126. The predicted octanol–water partition coefficient (Wildman–Crippen LogP) is 1.88. The fourth-order valence-corrected chi connectivity index (χ4v) is 2.69. The van der Waals surface area contributed by atoms with Crippen molar-refractivity contribution < 1.29 is 4.79 Å². The summed E-state index contributed by atoms with van der Waals surface area (Å²) in [6.07, 6.45) is 2.80. The molecule has 2 rings (SSSR count). The van der Waals surface area contributed by atoms with Gasteiger partial charge in [0.1, 0.15) is 5.82 Å². The monoisotopic (exact) mass is 354 g/mol. The lowest BCUT2D eigenvalue weighted by atomic mass is 10.2. The number of amides is 1. The normalized spacial score (nSPS) is 17.6. The highest BCUT2D eigenvalue weighted by Crippen LogP contribution is 2.17. The molecule has 1 aliphatic heterocycles. The summed E-state index contributed by atoms with van der Waals surface area (Å²) in [5.41, 5.74) is 0. The fourth-order valence-electron chi connectivity index (χ4n) is 2.46. The van der Waals surface area contributed by atoms with E-state index in [0.717, 1.165) is 49.4 Å². The molecule has 1 unspecified atom stereocenters. The van der Waals surface area contributed by atoms with Crippen molar-refractivity contribution in [3.8, 4) is 0 Å². The first-order valence-electron chi connectivity index (χ1n) is 7.50. The molecule has 116 valence electrons. The number of pyridine rings is 1. The zero-order chi connectivity index (χ0) is 15.2. The predicted molar refractivity (Wildman–Crippen MR) is 88.5 cm³/mol. The lowest BCUT2D eigenvalue weighted by Crippen LogP contribution is -2.54. The molecule has 1 fully saturated rings. The van der Waals surface area contributed by atoms with Gasteiger partial charge in [-0.1, -0.05) is 6.92 Å². The Labute approximate surface area is 134 Å². The van der Waals surface area contributed by atoms with Gasteiger partial charge >= 0.3 is 0 Å². The van der Waals surface area contributed by atoms with E-state index < -0.39 is 0 Å². The molecule has 1 saturated heterocycles. The molecule has 0 spiro atoms. The van der Waals surface area contributed by atoms with E-state index in [9.17, 15) is 4.79 Å². The summed E-state index contributed by atoms with van der Waals surface area (Å²) in [7, 11) is 0. The van der Waals surface area contributed by atoms with Gasteiger partial charge in [0.2, 0.25) is 5.91 Å². The molecule has 1 aromatic heterocycles. The van der Waals surface area contributed by atoms with Crippen molar-refractivity contribution >= 4 is 27.7 Å². The van der Waals surface area contributed by atoms with Gasteiger partial charge in [0.15, 0.2) is 0 Å². The van der Waals surface area contributed by atoms with Crippen molar-refractivity contribution in [3.05, 3.63) is 22.8 Å². The van der Waals surface area contributed by atoms with E-state index in [1.807, 2.05) is 25.3 Å². The Morgan fingerprint density at radius 2 is 2.10 bits per heavy atom. The molecular formula is C15H23BrN4O. The van der Waals surface area contributed by atoms with Crippen LogP contribution in [-0.2, 0) is 4.79 Å². The number of hydrogen-bond acceptors (Lipinski definition) is 4. The van der Waals surface area contributed by atoms with Crippen molar-refractivity contribution in [2.24, 2.45) is 0 Å². The summed E-state index contributed by atoms with van der Waals surface area (Å²) in [4.78, 5) is 20.9. The van der Waals surface area contributed by atoms with Crippen LogP contribution in [-0.4, -0.2) is 54.6 Å². The van der Waals surface area contributed by atoms with Crippen LogP contribution in [0, 0.1) is 0 Å². The summed E-state index contributed by atoms with van der Waals surface area (Å²) < 4.78 is 0.992. The maximum Gasteiger partial charge on any atom is 0.237 e. The van der Waals surface area contributed by atoms with Crippen LogP contribution in [0.4, 0.5) is 5.82 Å². The third-order valence-electron chi connectivity index (χ3n) is 3.83. The van der Waals surface area contributed by atoms with E-state index >= 15 is 0 Å². The minimum Gasteiger partial charge on any atom is -0.355 e. The van der Waals surface area contributed by atoms with E-state index in [-0.39, 0.29) is 11.9 Å². The molecule has 0 saturated carbocycles. The summed E-state index contributed by atoms with van der Waals surface area (Å²) in [5.74, 6) is 1.13. The minimum atomic E-state index is -0.0587. The summed E-state index contributed by atoms with van der Waals surface area (Å²) >= 11 is 3.40. The van der Waals surface area contributed by atoms with Crippen LogP contribution < -0.4 is 10.2 Å². The van der Waals surface area contributed by atoms with Gasteiger partial charge in [0.25, 0.3) is 0 Å². The van der Waals surface area contributed by atoms with E-state index in [1.54, 1.807) is 0 Å². The number of carbonyl (C=O) groups is 1. The Morgan fingerprint density at radius 3 is 2.67 bits per heavy atom. The number of carbonyl (C=O) groups excluding carboxylic acids is 1. The average Bonchev–Trinajstić information content (AvgIpc) is 2.53. The van der Waals surface area contributed by atoms with Crippen LogP contribution in [0.2, 0.25) is 0 Å². The smallest absolute Gasteiger partial charge is 0.237 e. The van der Waals surface area contributed by atoms with Gasteiger partial charge in [-0.05, 0) is 41.4 Å². The number of piperazine rings is 1. The summed E-state index contributed by atoms with van der Waals surface area (Å²) in [6.45, 7) is 8.39. The SMILES string of the molecule is CCCNC(=O)C(C)N1CCN(c2ccc(Br)cn2)CC1. The molecule has 1 amide bonds. The standard InChI is InChI=1S/C15H23BrN4O/c1-3-6-17-15(21)12(2)19-7-9-20(10-8-19)14-5-4-13(16)11-18-14/h4-5,11-12H,3,6-10H2,1-2H3,(H,17,21). The van der Waals surface area contributed by atoms with E-state index in [2.05, 4.69) is 43.0 Å². The first kappa shape index (κ1) is 16.2. The maximum absolute atomic E-state index is 12.0. The fraction of sp³-hybridized carbons (Fsp3) is 0.600. The van der Waals surface area contributed by atoms with Crippen LogP contribution in [0.1, 0.15) is 20.3 Å². The van der Waals surface area contributed by atoms with Crippen molar-refractivity contribution in [1.82, 2.24) is 15.2 Å². The summed E-state index contributed by atoms with van der Waals surface area (Å²) in [5, 5.41) is 2.97. The molecule has 1 aliphatic rings. The molecule has 0 radical (unpaired) electrons. The zero-order valence-corrected chi connectivity index (χ0v) is 14.3. The Balaban J connectivity index is 1.85. The van der Waals surface area contributed by atoms with Crippen molar-refractivity contribution in [2.75, 3.05) is 37.6 Å². The molecule has 0 aromatic carbocycles. The van der Waals surface area contributed by atoms with Crippen LogP contribution in [0.15, 0.2) is 22.8 Å². The van der Waals surface area contributed by atoms with Gasteiger partial charge in [0.05, 0.1) is 6.04 Å². The average molecular weight is 355 g/mol. The molecule has 1 atom stereocenters. The van der Waals surface area contributed by atoms with Gasteiger partial charge in [-0.3, -0.25) is 9.69 Å². The van der Waals surface area contributed by atoms with Gasteiger partial charge in [-0.2, -0.15) is 0 Å². The third kappa shape index (κ3) is 4.41. The summed E-state index contributed by atoms with van der Waals surface area (Å²) in [6, 6.07) is 3.98. The van der Waals surface area contributed by atoms with Crippen molar-refractivity contribution in [3.63, 3.8) is 0 Å². The number of aromatic nitrogens is 1. The van der Waals surface area contributed by atoms with Gasteiger partial charge in [-0.15, -0.1) is 0 Å². The van der Waals surface area contributed by atoms with Gasteiger partial charge in [-0.25, -0.2) is 4.98 Å². The second-order valence-electron chi connectivity index (χ2n) is 5.32. The number of halogens is 1. The van der Waals surface area contributed by atoms with Gasteiger partial charge in [0, 0.05) is 43.4 Å². The number of nitrogens with one attached hydrogen (secondary N) is 1. The molecule has 2 heterocycles. The maximum atomic E-state index is 12.0. The molecule has 21 heavy (non-hydrogen) atoms. The highest BCUT2D eigenvalue weighted by molar-refractivity contribution is 9.10. The lowest BCUT2D eigenvalue weighted by Gasteiger charge is -2.38. The van der Waals surface area contributed by atoms with E-state index in [1.165, 1.54) is 0 Å². The molecule has 0 aliphatic carbocycles. The first-order chi connectivity index (χ1) is 10.1. The largest absolute Gasteiger partial charge is 0.355 e. The quantitative estimate of drug-likeness (QED) is 0.876. The first-order valence-corrected chi connectivity index (χ1v) is 8.29. The Hall–Kier alpha value is -1.14. The topological polar surface area (TPSA) is 48.5 Å². The molecule has 0 bridgehead atoms. The molecule has 1 aromatic rings. The van der Waals surface area contributed by atoms with Crippen LogP contribution in [0.25, 0.3) is 0 Å². The number of nitrogens with zero attached hydrogens (tertiary/aromatic N) is 3. The van der Waals surface area contributed by atoms with E-state index in [4.69, 9.17) is 0 Å². The van der Waals surface area contributed by atoms with E-state index in [0.29, 0.717) is 0 Å². The Bertz CT molecular complexity index is 457. The second kappa shape index (κ2) is 7.75. The highest BCUT2D eigenvalue weighted by atomic mass is 79.9. The van der Waals surface area contributed by atoms with Crippen LogP contribution in [0.5, 0.6) is 0 Å². The Morgan fingerprint density at radius 1 is 1.38 bits per heavy atom.